The fourth-order valence-corrected chi connectivity index (χ4v) is 1.85. The van der Waals surface area contributed by atoms with Gasteiger partial charge in [-0.05, 0) is 26.0 Å². The van der Waals surface area contributed by atoms with Crippen LogP contribution < -0.4 is 5.32 Å². The van der Waals surface area contributed by atoms with Crippen LogP contribution in [0.5, 0.6) is 0 Å². The lowest BCUT2D eigenvalue weighted by molar-refractivity contribution is 0.0696. The summed E-state index contributed by atoms with van der Waals surface area (Å²) in [6.45, 7) is 3.95. The molecule has 0 aliphatic rings. The Morgan fingerprint density at radius 1 is 1.42 bits per heavy atom. The number of anilines is 1. The second kappa shape index (κ2) is 5.43. The molecular formula is C13H14N4O2. The summed E-state index contributed by atoms with van der Waals surface area (Å²) in [5.41, 5.74) is 2.81. The van der Waals surface area contributed by atoms with E-state index in [1.165, 1.54) is 6.33 Å². The van der Waals surface area contributed by atoms with Gasteiger partial charge in [0.1, 0.15) is 11.9 Å². The number of carbonyl (C=O) groups is 1. The molecule has 0 saturated carbocycles. The van der Waals surface area contributed by atoms with Crippen LogP contribution in [0.1, 0.15) is 27.4 Å². The van der Waals surface area contributed by atoms with Crippen molar-refractivity contribution in [2.24, 2.45) is 0 Å². The molecule has 2 heterocycles. The highest BCUT2D eigenvalue weighted by Crippen LogP contribution is 2.20. The minimum absolute atomic E-state index is 0.194. The van der Waals surface area contributed by atoms with E-state index in [0.717, 1.165) is 11.4 Å². The highest BCUT2D eigenvalue weighted by atomic mass is 16.4. The number of nitrogens with one attached hydrogen (secondary N) is 1. The largest absolute Gasteiger partial charge is 0.478 e. The summed E-state index contributed by atoms with van der Waals surface area (Å²) < 4.78 is 0. The number of aryl methyl sites for hydroxylation is 2. The SMILES string of the molecule is Cc1cc(NCc2ccncn2)c(C(=O)O)c(C)n1. The summed E-state index contributed by atoms with van der Waals surface area (Å²) in [4.78, 5) is 23.3. The van der Waals surface area contributed by atoms with E-state index < -0.39 is 5.97 Å². The van der Waals surface area contributed by atoms with Gasteiger partial charge in [0, 0.05) is 11.9 Å². The van der Waals surface area contributed by atoms with Crippen LogP contribution in [-0.2, 0) is 6.54 Å². The average Bonchev–Trinajstić information content (AvgIpc) is 2.36. The van der Waals surface area contributed by atoms with Crippen molar-refractivity contribution in [2.45, 2.75) is 20.4 Å². The maximum atomic E-state index is 11.3. The molecule has 0 unspecified atom stereocenters. The number of carboxylic acids is 1. The summed E-state index contributed by atoms with van der Waals surface area (Å²) in [5, 5.41) is 12.3. The van der Waals surface area contributed by atoms with Gasteiger partial charge in [0.15, 0.2) is 0 Å². The van der Waals surface area contributed by atoms with Crippen LogP contribution in [-0.4, -0.2) is 26.0 Å². The summed E-state index contributed by atoms with van der Waals surface area (Å²) in [6, 6.07) is 3.49. The van der Waals surface area contributed by atoms with Gasteiger partial charge in [-0.1, -0.05) is 0 Å². The zero-order valence-electron chi connectivity index (χ0n) is 10.7. The average molecular weight is 258 g/mol. The molecule has 6 heteroatoms. The number of hydrogen-bond donors (Lipinski definition) is 2. The number of rotatable bonds is 4. The first kappa shape index (κ1) is 12.9. The molecule has 0 radical (unpaired) electrons. The molecule has 19 heavy (non-hydrogen) atoms. The molecule has 0 aliphatic heterocycles. The predicted octanol–water partition coefficient (Wildman–Crippen LogP) is 1.80. The zero-order chi connectivity index (χ0) is 13.8. The van der Waals surface area contributed by atoms with E-state index in [2.05, 4.69) is 20.3 Å². The Labute approximate surface area is 110 Å². The molecule has 0 aromatic carbocycles. The first-order valence-electron chi connectivity index (χ1n) is 5.78. The number of carboxylic acid groups (broad SMARTS) is 1. The number of aromatic nitrogens is 3. The maximum absolute atomic E-state index is 11.3. The molecular weight excluding hydrogens is 244 g/mol. The molecule has 0 atom stereocenters. The highest BCUT2D eigenvalue weighted by Gasteiger charge is 2.15. The maximum Gasteiger partial charge on any atom is 0.339 e. The molecule has 0 fully saturated rings. The summed E-state index contributed by atoms with van der Waals surface area (Å²) in [7, 11) is 0. The van der Waals surface area contributed by atoms with Gasteiger partial charge in [0.05, 0.1) is 23.6 Å². The third kappa shape index (κ3) is 3.04. The lowest BCUT2D eigenvalue weighted by Crippen LogP contribution is -2.11. The third-order valence-corrected chi connectivity index (χ3v) is 2.65. The third-order valence-electron chi connectivity index (χ3n) is 2.65. The van der Waals surface area contributed by atoms with Gasteiger partial charge < -0.3 is 10.4 Å². The molecule has 0 aliphatic carbocycles. The van der Waals surface area contributed by atoms with Crippen LogP contribution in [0.15, 0.2) is 24.7 Å². The molecule has 2 rings (SSSR count). The minimum Gasteiger partial charge on any atom is -0.478 e. The normalized spacial score (nSPS) is 10.2. The molecule has 0 saturated heterocycles. The fourth-order valence-electron chi connectivity index (χ4n) is 1.85. The van der Waals surface area contributed by atoms with E-state index in [4.69, 9.17) is 0 Å². The van der Waals surface area contributed by atoms with Crippen molar-refractivity contribution in [1.82, 2.24) is 15.0 Å². The van der Waals surface area contributed by atoms with Crippen molar-refractivity contribution in [2.75, 3.05) is 5.32 Å². The zero-order valence-corrected chi connectivity index (χ0v) is 10.7. The van der Waals surface area contributed by atoms with Gasteiger partial charge in [-0.25, -0.2) is 14.8 Å². The molecule has 6 nitrogen and oxygen atoms in total. The number of aromatic carboxylic acids is 1. The summed E-state index contributed by atoms with van der Waals surface area (Å²) in [6.07, 6.45) is 3.10. The van der Waals surface area contributed by atoms with Crippen molar-refractivity contribution in [1.29, 1.82) is 0 Å². The monoisotopic (exact) mass is 258 g/mol. The quantitative estimate of drug-likeness (QED) is 0.869. The Balaban J connectivity index is 2.27. The minimum atomic E-state index is -0.991. The number of nitrogens with zero attached hydrogens (tertiary/aromatic N) is 3. The smallest absolute Gasteiger partial charge is 0.339 e. The Morgan fingerprint density at radius 2 is 2.21 bits per heavy atom. The molecule has 0 spiro atoms. The van der Waals surface area contributed by atoms with Gasteiger partial charge >= 0.3 is 5.97 Å². The van der Waals surface area contributed by atoms with E-state index in [1.54, 1.807) is 25.3 Å². The summed E-state index contributed by atoms with van der Waals surface area (Å²) in [5.74, 6) is -0.991. The van der Waals surface area contributed by atoms with Crippen LogP contribution in [0.4, 0.5) is 5.69 Å². The predicted molar refractivity (Wildman–Crippen MR) is 70.0 cm³/mol. The lowest BCUT2D eigenvalue weighted by Gasteiger charge is -2.12. The van der Waals surface area contributed by atoms with Crippen LogP contribution in [0.25, 0.3) is 0 Å². The molecule has 0 amide bonds. The van der Waals surface area contributed by atoms with Crippen molar-refractivity contribution < 1.29 is 9.90 Å². The molecule has 2 N–H and O–H groups in total. The summed E-state index contributed by atoms with van der Waals surface area (Å²) >= 11 is 0. The van der Waals surface area contributed by atoms with Crippen molar-refractivity contribution in [3.8, 4) is 0 Å². The first-order chi connectivity index (χ1) is 9.08. The van der Waals surface area contributed by atoms with Crippen molar-refractivity contribution >= 4 is 11.7 Å². The van der Waals surface area contributed by atoms with Crippen molar-refractivity contribution in [3.05, 3.63) is 47.3 Å². The van der Waals surface area contributed by atoms with E-state index in [-0.39, 0.29) is 5.56 Å². The van der Waals surface area contributed by atoms with E-state index in [9.17, 15) is 9.90 Å². The number of hydrogen-bond acceptors (Lipinski definition) is 5. The van der Waals surface area contributed by atoms with Crippen LogP contribution >= 0.6 is 0 Å². The molecule has 0 bridgehead atoms. The molecule has 2 aromatic heterocycles. The van der Waals surface area contributed by atoms with E-state index in [0.29, 0.717) is 17.9 Å². The lowest BCUT2D eigenvalue weighted by atomic mass is 10.1. The fraction of sp³-hybridized carbons (Fsp3) is 0.231. The van der Waals surface area contributed by atoms with Crippen LogP contribution in [0.3, 0.4) is 0 Å². The Bertz CT molecular complexity index is 599. The van der Waals surface area contributed by atoms with E-state index in [1.807, 2.05) is 6.92 Å². The Kier molecular flexibility index (Phi) is 3.70. The Hall–Kier alpha value is -2.50. The topological polar surface area (TPSA) is 88.0 Å². The van der Waals surface area contributed by atoms with E-state index >= 15 is 0 Å². The van der Waals surface area contributed by atoms with Gasteiger partial charge in [-0.3, -0.25) is 4.98 Å². The molecule has 98 valence electrons. The van der Waals surface area contributed by atoms with Gasteiger partial charge in [-0.2, -0.15) is 0 Å². The van der Waals surface area contributed by atoms with Crippen molar-refractivity contribution in [3.63, 3.8) is 0 Å². The first-order valence-corrected chi connectivity index (χ1v) is 5.78. The van der Waals surface area contributed by atoms with Gasteiger partial charge in [0.2, 0.25) is 0 Å². The molecule has 2 aromatic rings. The van der Waals surface area contributed by atoms with Gasteiger partial charge in [-0.15, -0.1) is 0 Å². The van der Waals surface area contributed by atoms with Crippen LogP contribution in [0.2, 0.25) is 0 Å². The highest BCUT2D eigenvalue weighted by molar-refractivity contribution is 5.95. The number of pyridine rings is 1. The Morgan fingerprint density at radius 3 is 2.84 bits per heavy atom. The second-order valence-electron chi connectivity index (χ2n) is 4.13. The standard InChI is InChI=1S/C13H14N4O2/c1-8-5-11(12(13(18)19)9(2)17-8)15-6-10-3-4-14-7-16-10/h3-5,7H,6H2,1-2H3,(H,15,17)(H,18,19). The van der Waals surface area contributed by atoms with Crippen LogP contribution in [0, 0.1) is 13.8 Å². The second-order valence-corrected chi connectivity index (χ2v) is 4.13. The van der Waals surface area contributed by atoms with Gasteiger partial charge in [0.25, 0.3) is 0 Å².